The zero-order chi connectivity index (χ0) is 43.6. The fourth-order valence-electron chi connectivity index (χ4n) is 7.88. The van der Waals surface area contributed by atoms with Crippen LogP contribution in [-0.4, -0.2) is 89.6 Å². The Morgan fingerprint density at radius 2 is 0.967 bits per heavy atom. The number of aliphatic hydroxyl groups excluding tert-OH is 4. The second-order valence-electron chi connectivity index (χ2n) is 17.6. The van der Waals surface area contributed by atoms with Gasteiger partial charge in [-0.05, 0) is 44.9 Å². The molecule has 0 spiro atoms. The van der Waals surface area contributed by atoms with E-state index < -0.39 is 43.4 Å². The summed E-state index contributed by atoms with van der Waals surface area (Å²) in [7, 11) is 0. The van der Waals surface area contributed by atoms with Gasteiger partial charge in [0.2, 0.25) is 0 Å². The van der Waals surface area contributed by atoms with E-state index in [1.807, 2.05) is 0 Å². The van der Waals surface area contributed by atoms with Crippen LogP contribution < -0.4 is 0 Å². The fourth-order valence-corrected chi connectivity index (χ4v) is 7.88. The van der Waals surface area contributed by atoms with Gasteiger partial charge in [0, 0.05) is 13.0 Å². The van der Waals surface area contributed by atoms with Crippen molar-refractivity contribution >= 4 is 5.97 Å². The van der Waals surface area contributed by atoms with Crippen molar-refractivity contribution in [3.8, 4) is 0 Å². The second-order valence-corrected chi connectivity index (χ2v) is 17.6. The van der Waals surface area contributed by atoms with E-state index >= 15 is 0 Å². The molecule has 1 fully saturated rings. The summed E-state index contributed by atoms with van der Waals surface area (Å²) in [4.78, 5) is 12.8. The molecule has 9 heteroatoms. The molecule has 354 valence electrons. The molecule has 1 heterocycles. The number of carbonyl (C=O) groups excluding carboxylic acids is 1. The summed E-state index contributed by atoms with van der Waals surface area (Å²) < 4.78 is 22.9. The quantitative estimate of drug-likeness (QED) is 0.0268. The Bertz CT molecular complexity index is 972. The number of hydrogen-bond donors (Lipinski definition) is 4. The lowest BCUT2D eigenvalue weighted by Gasteiger charge is -2.39. The predicted octanol–water partition coefficient (Wildman–Crippen LogP) is 12.1. The lowest BCUT2D eigenvalue weighted by Crippen LogP contribution is -2.59. The van der Waals surface area contributed by atoms with Crippen LogP contribution in [0.2, 0.25) is 0 Å². The number of esters is 1. The van der Waals surface area contributed by atoms with Crippen LogP contribution in [-0.2, 0) is 23.7 Å². The Kier molecular flexibility index (Phi) is 40.6. The molecule has 1 aliphatic heterocycles. The van der Waals surface area contributed by atoms with Crippen LogP contribution >= 0.6 is 0 Å². The van der Waals surface area contributed by atoms with Crippen LogP contribution in [0.25, 0.3) is 0 Å². The number of carbonyl (C=O) groups is 1. The van der Waals surface area contributed by atoms with Gasteiger partial charge in [-0.25, -0.2) is 0 Å². The lowest BCUT2D eigenvalue weighted by atomic mass is 9.99. The molecule has 1 aliphatic rings. The molecule has 0 bridgehead atoms. The van der Waals surface area contributed by atoms with Gasteiger partial charge in [0.15, 0.2) is 6.29 Å². The molecule has 6 atom stereocenters. The Balaban J connectivity index is 2.18. The van der Waals surface area contributed by atoms with Crippen molar-refractivity contribution in [1.29, 1.82) is 0 Å². The number of rotatable bonds is 44. The van der Waals surface area contributed by atoms with Gasteiger partial charge in [-0.1, -0.05) is 205 Å². The first-order valence-electron chi connectivity index (χ1n) is 25.4. The number of unbranched alkanes of at least 4 members (excludes halogenated alkanes) is 29. The Morgan fingerprint density at radius 1 is 0.533 bits per heavy atom. The third-order valence-corrected chi connectivity index (χ3v) is 11.9. The molecule has 0 aromatic carbocycles. The predicted molar refractivity (Wildman–Crippen MR) is 247 cm³/mol. The molecule has 0 aromatic heterocycles. The van der Waals surface area contributed by atoms with Crippen LogP contribution in [0.5, 0.6) is 0 Å². The highest BCUT2D eigenvalue weighted by Gasteiger charge is 2.44. The van der Waals surface area contributed by atoms with E-state index in [0.29, 0.717) is 13.0 Å². The van der Waals surface area contributed by atoms with Crippen molar-refractivity contribution in [2.45, 2.75) is 269 Å². The largest absolute Gasteiger partial charge is 0.457 e. The van der Waals surface area contributed by atoms with E-state index in [-0.39, 0.29) is 19.2 Å². The highest BCUT2D eigenvalue weighted by atomic mass is 16.7. The van der Waals surface area contributed by atoms with Crippen LogP contribution in [0.15, 0.2) is 24.3 Å². The molecular formula is C51H96O9. The summed E-state index contributed by atoms with van der Waals surface area (Å²) in [5.74, 6) is -0.312. The number of aliphatic hydroxyl groups is 4. The van der Waals surface area contributed by atoms with Crippen molar-refractivity contribution in [2.75, 3.05) is 26.4 Å². The molecule has 0 aliphatic carbocycles. The zero-order valence-electron chi connectivity index (χ0n) is 39.0. The van der Waals surface area contributed by atoms with Crippen molar-refractivity contribution in [2.24, 2.45) is 0 Å². The Morgan fingerprint density at radius 3 is 1.43 bits per heavy atom. The minimum atomic E-state index is -1.53. The summed E-state index contributed by atoms with van der Waals surface area (Å²) in [6.45, 7) is 4.59. The maximum atomic E-state index is 12.8. The number of ether oxygens (including phenoxy) is 4. The van der Waals surface area contributed by atoms with Crippen LogP contribution in [0.3, 0.4) is 0 Å². The molecule has 0 radical (unpaired) electrons. The average Bonchev–Trinajstić information content (AvgIpc) is 3.25. The minimum absolute atomic E-state index is 0.110. The number of hydrogen-bond acceptors (Lipinski definition) is 9. The van der Waals surface area contributed by atoms with Gasteiger partial charge in [-0.2, -0.15) is 0 Å². The van der Waals surface area contributed by atoms with E-state index in [1.165, 1.54) is 173 Å². The van der Waals surface area contributed by atoms with Gasteiger partial charge in [-0.3, -0.25) is 4.79 Å². The zero-order valence-corrected chi connectivity index (χ0v) is 39.0. The van der Waals surface area contributed by atoms with E-state index in [9.17, 15) is 25.2 Å². The van der Waals surface area contributed by atoms with E-state index in [1.54, 1.807) is 0 Å². The third-order valence-electron chi connectivity index (χ3n) is 11.9. The smallest absolute Gasteiger partial charge is 0.306 e. The van der Waals surface area contributed by atoms with Gasteiger partial charge >= 0.3 is 5.97 Å². The Hall–Kier alpha value is -1.33. The van der Waals surface area contributed by atoms with Gasteiger partial charge in [0.25, 0.3) is 0 Å². The van der Waals surface area contributed by atoms with Gasteiger partial charge < -0.3 is 39.4 Å². The third kappa shape index (κ3) is 33.3. The first kappa shape index (κ1) is 56.7. The molecule has 1 rings (SSSR count). The summed E-state index contributed by atoms with van der Waals surface area (Å²) in [5, 5.41) is 40.2. The Labute approximate surface area is 368 Å². The van der Waals surface area contributed by atoms with Crippen molar-refractivity contribution in [3.63, 3.8) is 0 Å². The maximum absolute atomic E-state index is 12.8. The normalized spacial score (nSPS) is 20.1. The van der Waals surface area contributed by atoms with Crippen LogP contribution in [0, 0.1) is 0 Å². The number of allylic oxidation sites excluding steroid dienone is 4. The van der Waals surface area contributed by atoms with E-state index in [2.05, 4.69) is 38.2 Å². The monoisotopic (exact) mass is 853 g/mol. The van der Waals surface area contributed by atoms with E-state index in [4.69, 9.17) is 18.9 Å². The molecule has 4 N–H and O–H groups in total. The summed E-state index contributed by atoms with van der Waals surface area (Å²) >= 11 is 0. The topological polar surface area (TPSA) is 135 Å². The standard InChI is InChI=1S/C51H96O9/c1-3-5-7-9-11-13-15-17-19-20-21-22-23-24-25-26-27-28-30-32-34-36-38-40-47(53)59-45(44-58-51-50(56)49(55)48(54)46(42-52)60-51)43-57-41-39-37-35-33-31-29-18-16-14-12-10-8-6-4-2/h15,17,20-21,45-46,48-52,54-56H,3-14,16,18-19,22-44H2,1-2H3/b17-15-,21-20-. The molecule has 1 saturated heterocycles. The molecule has 9 nitrogen and oxygen atoms in total. The molecule has 0 amide bonds. The first-order valence-corrected chi connectivity index (χ1v) is 25.4. The SMILES string of the molecule is CCCCCCC/C=C\C/C=C\CCCCCCCCCCCCCC(=O)OC(COCCCCCCCCCCCCCCCC)COC1OC(CO)C(O)C(O)C1O. The molecular weight excluding hydrogens is 757 g/mol. The molecule has 0 aromatic rings. The van der Waals surface area contributed by atoms with Crippen LogP contribution in [0.4, 0.5) is 0 Å². The summed E-state index contributed by atoms with van der Waals surface area (Å²) in [6, 6.07) is 0. The summed E-state index contributed by atoms with van der Waals surface area (Å²) in [6.07, 6.45) is 43.5. The van der Waals surface area contributed by atoms with Gasteiger partial charge in [0.05, 0.1) is 19.8 Å². The highest BCUT2D eigenvalue weighted by molar-refractivity contribution is 5.69. The second kappa shape index (κ2) is 42.9. The lowest BCUT2D eigenvalue weighted by molar-refractivity contribution is -0.305. The fraction of sp³-hybridized carbons (Fsp3) is 0.902. The van der Waals surface area contributed by atoms with E-state index in [0.717, 1.165) is 38.5 Å². The molecule has 6 unspecified atom stereocenters. The first-order chi connectivity index (χ1) is 29.4. The molecule has 60 heavy (non-hydrogen) atoms. The highest BCUT2D eigenvalue weighted by Crippen LogP contribution is 2.23. The van der Waals surface area contributed by atoms with Gasteiger partial charge in [-0.15, -0.1) is 0 Å². The minimum Gasteiger partial charge on any atom is -0.457 e. The van der Waals surface area contributed by atoms with Crippen LogP contribution in [0.1, 0.15) is 232 Å². The van der Waals surface area contributed by atoms with Crippen molar-refractivity contribution in [3.05, 3.63) is 24.3 Å². The molecule has 0 saturated carbocycles. The van der Waals surface area contributed by atoms with Crippen molar-refractivity contribution < 1.29 is 44.2 Å². The summed E-state index contributed by atoms with van der Waals surface area (Å²) in [5.41, 5.74) is 0. The maximum Gasteiger partial charge on any atom is 0.306 e. The van der Waals surface area contributed by atoms with Gasteiger partial charge in [0.1, 0.15) is 30.5 Å². The van der Waals surface area contributed by atoms with Crippen molar-refractivity contribution in [1.82, 2.24) is 0 Å². The average molecular weight is 853 g/mol.